The van der Waals surface area contributed by atoms with Crippen molar-refractivity contribution in [2.75, 3.05) is 26.5 Å². The number of quaternary nitrogens is 1. The standard InChI is InChI=1S/C9H18N2O4/c1-8(2,3)10-4-9(5-12,11(13)14)6-15-7-10/h12H,4-7H2,1-3H3/p+1/t9-/m1/s1. The highest BCUT2D eigenvalue weighted by Crippen LogP contribution is 2.11. The van der Waals surface area contributed by atoms with Crippen LogP contribution < -0.4 is 4.90 Å². The van der Waals surface area contributed by atoms with Crippen LogP contribution in [0.1, 0.15) is 20.8 Å². The summed E-state index contributed by atoms with van der Waals surface area (Å²) in [5.74, 6) is 0. The van der Waals surface area contributed by atoms with E-state index in [2.05, 4.69) is 0 Å². The molecule has 1 aliphatic rings. The second-order valence-corrected chi connectivity index (χ2v) is 5.16. The zero-order valence-corrected chi connectivity index (χ0v) is 9.45. The van der Waals surface area contributed by atoms with Crippen molar-refractivity contribution in [2.45, 2.75) is 31.8 Å². The van der Waals surface area contributed by atoms with Gasteiger partial charge in [0.15, 0.2) is 13.3 Å². The molecule has 6 heteroatoms. The van der Waals surface area contributed by atoms with Gasteiger partial charge in [-0.25, -0.2) is 0 Å². The fourth-order valence-electron chi connectivity index (χ4n) is 1.62. The van der Waals surface area contributed by atoms with Gasteiger partial charge >= 0.3 is 5.54 Å². The van der Waals surface area contributed by atoms with E-state index in [1.807, 2.05) is 20.8 Å². The summed E-state index contributed by atoms with van der Waals surface area (Å²) in [4.78, 5) is 11.5. The number of hydrogen-bond donors (Lipinski definition) is 2. The first kappa shape index (κ1) is 12.4. The molecule has 6 nitrogen and oxygen atoms in total. The lowest BCUT2D eigenvalue weighted by Gasteiger charge is -2.39. The van der Waals surface area contributed by atoms with Crippen LogP contribution in [0.25, 0.3) is 0 Å². The first-order chi connectivity index (χ1) is 6.82. The van der Waals surface area contributed by atoms with E-state index in [4.69, 9.17) is 9.84 Å². The molecule has 1 rings (SSSR count). The summed E-state index contributed by atoms with van der Waals surface area (Å²) >= 11 is 0. The van der Waals surface area contributed by atoms with Gasteiger partial charge in [0.05, 0.1) is 5.54 Å². The summed E-state index contributed by atoms with van der Waals surface area (Å²) in [5.41, 5.74) is -1.45. The highest BCUT2D eigenvalue weighted by atomic mass is 16.6. The van der Waals surface area contributed by atoms with E-state index in [9.17, 15) is 10.1 Å². The van der Waals surface area contributed by atoms with Gasteiger partial charge in [-0.2, -0.15) is 0 Å². The molecule has 1 aliphatic heterocycles. The van der Waals surface area contributed by atoms with Gasteiger partial charge in [0.2, 0.25) is 0 Å². The predicted octanol–water partition coefficient (Wildman–Crippen LogP) is -1.33. The van der Waals surface area contributed by atoms with Crippen LogP contribution in [0.5, 0.6) is 0 Å². The SMILES string of the molecule is CC(C)(C)[NH+]1COC[C@@](CO)([N+](=O)[O-])C1. The van der Waals surface area contributed by atoms with Crippen molar-refractivity contribution in [1.29, 1.82) is 0 Å². The summed E-state index contributed by atoms with van der Waals surface area (Å²) < 4.78 is 5.24. The monoisotopic (exact) mass is 219 g/mol. The Morgan fingerprint density at radius 3 is 2.60 bits per heavy atom. The number of nitrogens with zero attached hydrogens (tertiary/aromatic N) is 1. The molecule has 1 heterocycles. The Labute approximate surface area is 89.0 Å². The highest BCUT2D eigenvalue weighted by Gasteiger charge is 2.52. The number of nitro groups is 1. The first-order valence-electron chi connectivity index (χ1n) is 5.00. The maximum Gasteiger partial charge on any atom is 0.315 e. The van der Waals surface area contributed by atoms with Crippen molar-refractivity contribution in [3.05, 3.63) is 10.1 Å². The molecule has 0 aliphatic carbocycles. The van der Waals surface area contributed by atoms with Crippen molar-refractivity contribution >= 4 is 0 Å². The molecular formula is C9H19N2O4+. The van der Waals surface area contributed by atoms with E-state index in [-0.39, 0.29) is 12.1 Å². The molecule has 1 unspecified atom stereocenters. The second kappa shape index (κ2) is 4.03. The number of aliphatic hydroxyl groups excluding tert-OH is 1. The Hall–Kier alpha value is -0.720. The Balaban J connectivity index is 2.82. The number of rotatable bonds is 2. The lowest BCUT2D eigenvalue weighted by Crippen LogP contribution is -3.22. The van der Waals surface area contributed by atoms with E-state index < -0.39 is 17.1 Å². The minimum atomic E-state index is -1.33. The van der Waals surface area contributed by atoms with Crippen LogP contribution in [0.15, 0.2) is 0 Å². The summed E-state index contributed by atoms with van der Waals surface area (Å²) in [5, 5.41) is 20.1. The number of aliphatic hydroxyl groups is 1. The normalized spacial score (nSPS) is 32.7. The van der Waals surface area contributed by atoms with Crippen LogP contribution >= 0.6 is 0 Å². The van der Waals surface area contributed by atoms with Crippen LogP contribution in [-0.2, 0) is 4.74 Å². The average Bonchev–Trinajstić information content (AvgIpc) is 2.16. The predicted molar refractivity (Wildman–Crippen MR) is 53.2 cm³/mol. The van der Waals surface area contributed by atoms with Crippen molar-refractivity contribution in [2.24, 2.45) is 0 Å². The largest absolute Gasteiger partial charge is 0.389 e. The fraction of sp³-hybridized carbons (Fsp3) is 1.00. The molecule has 15 heavy (non-hydrogen) atoms. The van der Waals surface area contributed by atoms with Crippen molar-refractivity contribution in [1.82, 2.24) is 0 Å². The lowest BCUT2D eigenvalue weighted by atomic mass is 9.97. The summed E-state index contributed by atoms with van der Waals surface area (Å²) in [6.45, 7) is 6.28. The molecule has 1 fully saturated rings. The Morgan fingerprint density at radius 2 is 2.20 bits per heavy atom. The third-order valence-electron chi connectivity index (χ3n) is 2.93. The molecule has 2 atom stereocenters. The van der Waals surface area contributed by atoms with Gasteiger partial charge < -0.3 is 14.7 Å². The third kappa shape index (κ3) is 2.45. The van der Waals surface area contributed by atoms with Crippen LogP contribution in [0.4, 0.5) is 0 Å². The van der Waals surface area contributed by atoms with Gasteiger partial charge in [0.1, 0.15) is 13.2 Å². The molecule has 0 saturated carbocycles. The Kier molecular flexibility index (Phi) is 3.32. The quantitative estimate of drug-likeness (QED) is 0.445. The van der Waals surface area contributed by atoms with Gasteiger partial charge in [-0.15, -0.1) is 0 Å². The van der Waals surface area contributed by atoms with Gasteiger partial charge in [-0.05, 0) is 20.8 Å². The van der Waals surface area contributed by atoms with Crippen LogP contribution in [0, 0.1) is 10.1 Å². The van der Waals surface area contributed by atoms with E-state index in [0.717, 1.165) is 4.90 Å². The van der Waals surface area contributed by atoms with E-state index in [1.54, 1.807) is 0 Å². The molecule has 0 spiro atoms. The minimum Gasteiger partial charge on any atom is -0.389 e. The van der Waals surface area contributed by atoms with Crippen LogP contribution in [0.3, 0.4) is 0 Å². The van der Waals surface area contributed by atoms with Gasteiger partial charge in [-0.3, -0.25) is 10.1 Å². The molecule has 0 aromatic heterocycles. The molecule has 2 N–H and O–H groups in total. The summed E-state index contributed by atoms with van der Waals surface area (Å²) in [6, 6.07) is 0. The van der Waals surface area contributed by atoms with Gasteiger partial charge in [0.25, 0.3) is 0 Å². The Morgan fingerprint density at radius 1 is 1.60 bits per heavy atom. The molecule has 88 valence electrons. The van der Waals surface area contributed by atoms with Crippen LogP contribution in [0.2, 0.25) is 0 Å². The maximum absolute atomic E-state index is 10.9. The lowest BCUT2D eigenvalue weighted by molar-refractivity contribution is -0.987. The maximum atomic E-state index is 10.9. The zero-order chi connectivity index (χ0) is 11.7. The number of ether oxygens (including phenoxy) is 1. The molecule has 0 radical (unpaired) electrons. The first-order valence-corrected chi connectivity index (χ1v) is 5.00. The number of nitrogens with one attached hydrogen (secondary N) is 1. The molecular weight excluding hydrogens is 200 g/mol. The topological polar surface area (TPSA) is 77.0 Å². The van der Waals surface area contributed by atoms with E-state index in [0.29, 0.717) is 13.3 Å². The second-order valence-electron chi connectivity index (χ2n) is 5.16. The zero-order valence-electron chi connectivity index (χ0n) is 9.45. The molecule has 0 bridgehead atoms. The number of hydrogen-bond acceptors (Lipinski definition) is 4. The average molecular weight is 219 g/mol. The van der Waals surface area contributed by atoms with Crippen molar-refractivity contribution < 1.29 is 19.7 Å². The van der Waals surface area contributed by atoms with Crippen molar-refractivity contribution in [3.63, 3.8) is 0 Å². The highest BCUT2D eigenvalue weighted by molar-refractivity contribution is 4.80. The van der Waals surface area contributed by atoms with E-state index >= 15 is 0 Å². The van der Waals surface area contributed by atoms with E-state index in [1.165, 1.54) is 0 Å². The fourth-order valence-corrected chi connectivity index (χ4v) is 1.62. The Bertz CT molecular complexity index is 251. The molecule has 0 aromatic carbocycles. The van der Waals surface area contributed by atoms with Gasteiger partial charge in [-0.1, -0.05) is 0 Å². The summed E-state index contributed by atoms with van der Waals surface area (Å²) in [6.07, 6.45) is 0. The molecule has 0 aromatic rings. The third-order valence-corrected chi connectivity index (χ3v) is 2.93. The minimum absolute atomic E-state index is 0.00389. The summed E-state index contributed by atoms with van der Waals surface area (Å²) in [7, 11) is 0. The van der Waals surface area contributed by atoms with Crippen molar-refractivity contribution in [3.8, 4) is 0 Å². The van der Waals surface area contributed by atoms with Gasteiger partial charge in [0, 0.05) is 4.92 Å². The molecule has 0 amide bonds. The smallest absolute Gasteiger partial charge is 0.315 e. The van der Waals surface area contributed by atoms with Crippen LogP contribution in [-0.4, -0.2) is 47.6 Å². The molecule has 1 saturated heterocycles.